The first-order valence-corrected chi connectivity index (χ1v) is 4.23. The van der Waals surface area contributed by atoms with Crippen LogP contribution in [0.15, 0.2) is 18.2 Å². The molecule has 1 N–H and O–H groups in total. The fraction of sp³-hybridized carbons (Fsp3) is 0.273. The highest BCUT2D eigenvalue weighted by molar-refractivity contribution is 5.49. The number of hydrogen-bond donors (Lipinski definition) is 1. The minimum atomic E-state index is -0.366. The third-order valence-corrected chi connectivity index (χ3v) is 1.93. The summed E-state index contributed by atoms with van der Waals surface area (Å²) in [5, 5.41) is 8.78. The van der Waals surface area contributed by atoms with Gasteiger partial charge in [0.25, 0.3) is 0 Å². The SMILES string of the molecule is C#CCN(C)c1ccc(CO)cc1F. The molecule has 74 valence electrons. The van der Waals surface area contributed by atoms with Crippen LogP contribution >= 0.6 is 0 Å². The van der Waals surface area contributed by atoms with E-state index in [1.807, 2.05) is 0 Å². The van der Waals surface area contributed by atoms with Crippen LogP contribution in [0.5, 0.6) is 0 Å². The summed E-state index contributed by atoms with van der Waals surface area (Å²) in [6.45, 7) is 0.200. The molecule has 0 fully saturated rings. The maximum Gasteiger partial charge on any atom is 0.146 e. The molecule has 0 unspecified atom stereocenters. The Hall–Kier alpha value is -1.53. The van der Waals surface area contributed by atoms with Gasteiger partial charge < -0.3 is 10.0 Å². The molecule has 0 saturated heterocycles. The summed E-state index contributed by atoms with van der Waals surface area (Å²) in [6, 6.07) is 4.59. The quantitative estimate of drug-likeness (QED) is 0.733. The molecule has 3 heteroatoms. The van der Waals surface area contributed by atoms with Gasteiger partial charge in [-0.05, 0) is 17.7 Å². The van der Waals surface area contributed by atoms with E-state index in [0.29, 0.717) is 17.8 Å². The first-order chi connectivity index (χ1) is 6.69. The predicted molar refractivity (Wildman–Crippen MR) is 54.4 cm³/mol. The number of aliphatic hydroxyl groups is 1. The molecule has 0 atom stereocenters. The monoisotopic (exact) mass is 193 g/mol. The highest BCUT2D eigenvalue weighted by atomic mass is 19.1. The number of halogens is 1. The Morgan fingerprint density at radius 3 is 2.79 bits per heavy atom. The molecule has 1 aromatic carbocycles. The molecule has 0 aliphatic carbocycles. The molecule has 0 bridgehead atoms. The summed E-state index contributed by atoms with van der Waals surface area (Å²) >= 11 is 0. The van der Waals surface area contributed by atoms with Gasteiger partial charge in [0.05, 0.1) is 18.8 Å². The molecule has 1 rings (SSSR count). The summed E-state index contributed by atoms with van der Waals surface area (Å²) in [6.07, 6.45) is 5.12. The zero-order chi connectivity index (χ0) is 10.6. The molecule has 0 aliphatic rings. The first kappa shape index (κ1) is 10.6. The van der Waals surface area contributed by atoms with Gasteiger partial charge in [-0.3, -0.25) is 0 Å². The van der Waals surface area contributed by atoms with Gasteiger partial charge in [-0.15, -0.1) is 6.42 Å². The van der Waals surface area contributed by atoms with Crippen LogP contribution in [0.4, 0.5) is 10.1 Å². The molecule has 14 heavy (non-hydrogen) atoms. The van der Waals surface area contributed by atoms with Crippen molar-refractivity contribution in [3.8, 4) is 12.3 Å². The molecule has 0 heterocycles. The third kappa shape index (κ3) is 2.24. The molecular weight excluding hydrogens is 181 g/mol. The summed E-state index contributed by atoms with van der Waals surface area (Å²) < 4.78 is 13.4. The second-order valence-corrected chi connectivity index (χ2v) is 3.00. The maximum atomic E-state index is 13.4. The van der Waals surface area contributed by atoms with Crippen LogP contribution in [0, 0.1) is 18.2 Å². The van der Waals surface area contributed by atoms with Crippen molar-refractivity contribution < 1.29 is 9.50 Å². The molecule has 2 nitrogen and oxygen atoms in total. The second kappa shape index (κ2) is 4.64. The van der Waals surface area contributed by atoms with Crippen molar-refractivity contribution in [3.63, 3.8) is 0 Å². The maximum absolute atomic E-state index is 13.4. The Morgan fingerprint density at radius 2 is 2.29 bits per heavy atom. The van der Waals surface area contributed by atoms with Crippen LogP contribution in [-0.4, -0.2) is 18.7 Å². The van der Waals surface area contributed by atoms with Crippen LogP contribution < -0.4 is 4.90 Å². The van der Waals surface area contributed by atoms with Gasteiger partial charge in [-0.2, -0.15) is 0 Å². The molecule has 0 aromatic heterocycles. The summed E-state index contributed by atoms with van der Waals surface area (Å²) in [5.74, 6) is 2.07. The van der Waals surface area contributed by atoms with Gasteiger partial charge in [0.1, 0.15) is 5.82 Å². The number of nitrogens with zero attached hydrogens (tertiary/aromatic N) is 1. The Balaban J connectivity index is 2.94. The van der Waals surface area contributed by atoms with Gasteiger partial charge in [0.2, 0.25) is 0 Å². The van der Waals surface area contributed by atoms with E-state index in [0.717, 1.165) is 0 Å². The van der Waals surface area contributed by atoms with Crippen LogP contribution in [0.2, 0.25) is 0 Å². The fourth-order valence-corrected chi connectivity index (χ4v) is 1.18. The van der Waals surface area contributed by atoms with Gasteiger partial charge in [-0.1, -0.05) is 12.0 Å². The number of terminal acetylenes is 1. The lowest BCUT2D eigenvalue weighted by Gasteiger charge is -2.17. The molecule has 0 amide bonds. The van der Waals surface area contributed by atoms with Crippen molar-refractivity contribution in [1.82, 2.24) is 0 Å². The third-order valence-electron chi connectivity index (χ3n) is 1.93. The van der Waals surface area contributed by atoms with Crippen molar-refractivity contribution in [2.75, 3.05) is 18.5 Å². The van der Waals surface area contributed by atoms with Crippen molar-refractivity contribution in [1.29, 1.82) is 0 Å². The van der Waals surface area contributed by atoms with Gasteiger partial charge in [0, 0.05) is 7.05 Å². The summed E-state index contributed by atoms with van der Waals surface area (Å²) in [7, 11) is 1.72. The minimum absolute atomic E-state index is 0.157. The van der Waals surface area contributed by atoms with Gasteiger partial charge in [-0.25, -0.2) is 4.39 Å². The topological polar surface area (TPSA) is 23.5 Å². The lowest BCUT2D eigenvalue weighted by molar-refractivity contribution is 0.281. The lowest BCUT2D eigenvalue weighted by Crippen LogP contribution is -2.18. The van der Waals surface area contributed by atoms with Gasteiger partial charge in [0.15, 0.2) is 0 Å². The smallest absolute Gasteiger partial charge is 0.146 e. The van der Waals surface area contributed by atoms with E-state index in [1.165, 1.54) is 6.07 Å². The largest absolute Gasteiger partial charge is 0.392 e. The lowest BCUT2D eigenvalue weighted by atomic mass is 10.2. The van der Waals surface area contributed by atoms with Crippen LogP contribution in [0.3, 0.4) is 0 Å². The summed E-state index contributed by atoms with van der Waals surface area (Å²) in [5.41, 5.74) is 1.00. The van der Waals surface area contributed by atoms with E-state index in [4.69, 9.17) is 11.5 Å². The molecule has 1 aromatic rings. The van der Waals surface area contributed by atoms with E-state index < -0.39 is 0 Å². The standard InChI is InChI=1S/C11H12FNO/c1-3-6-13(2)11-5-4-9(8-14)7-10(11)12/h1,4-5,7,14H,6,8H2,2H3. The predicted octanol–water partition coefficient (Wildman–Crippen LogP) is 1.39. The molecule has 0 spiro atoms. The Bertz CT molecular complexity index is 357. The second-order valence-electron chi connectivity index (χ2n) is 3.00. The van der Waals surface area contributed by atoms with E-state index in [1.54, 1.807) is 24.1 Å². The molecule has 0 radical (unpaired) electrons. The minimum Gasteiger partial charge on any atom is -0.392 e. The number of benzene rings is 1. The van der Waals surface area contributed by atoms with Crippen LogP contribution in [0.1, 0.15) is 5.56 Å². The van der Waals surface area contributed by atoms with E-state index in [9.17, 15) is 4.39 Å². The highest BCUT2D eigenvalue weighted by Gasteiger charge is 2.06. The Morgan fingerprint density at radius 1 is 1.57 bits per heavy atom. The number of aliphatic hydroxyl groups excluding tert-OH is 1. The van der Waals surface area contributed by atoms with Crippen LogP contribution in [-0.2, 0) is 6.61 Å². The summed E-state index contributed by atoms with van der Waals surface area (Å²) in [4.78, 5) is 1.64. The average molecular weight is 193 g/mol. The number of hydrogen-bond acceptors (Lipinski definition) is 2. The van der Waals surface area contributed by atoms with Gasteiger partial charge >= 0.3 is 0 Å². The average Bonchev–Trinajstić information content (AvgIpc) is 2.17. The van der Waals surface area contributed by atoms with E-state index in [-0.39, 0.29) is 12.4 Å². The highest BCUT2D eigenvalue weighted by Crippen LogP contribution is 2.18. The zero-order valence-corrected chi connectivity index (χ0v) is 8.00. The Kier molecular flexibility index (Phi) is 3.49. The fourth-order valence-electron chi connectivity index (χ4n) is 1.18. The number of anilines is 1. The van der Waals surface area contributed by atoms with Crippen LogP contribution in [0.25, 0.3) is 0 Å². The zero-order valence-electron chi connectivity index (χ0n) is 8.00. The number of rotatable bonds is 3. The molecule has 0 saturated carbocycles. The van der Waals surface area contributed by atoms with Crippen molar-refractivity contribution >= 4 is 5.69 Å². The first-order valence-electron chi connectivity index (χ1n) is 4.23. The van der Waals surface area contributed by atoms with E-state index in [2.05, 4.69) is 5.92 Å². The molecule has 0 aliphatic heterocycles. The Labute approximate surface area is 83.0 Å². The molecular formula is C11H12FNO. The normalized spacial score (nSPS) is 9.57. The van der Waals surface area contributed by atoms with Crippen molar-refractivity contribution in [2.24, 2.45) is 0 Å². The van der Waals surface area contributed by atoms with Crippen molar-refractivity contribution in [3.05, 3.63) is 29.6 Å². The van der Waals surface area contributed by atoms with E-state index >= 15 is 0 Å². The van der Waals surface area contributed by atoms with Crippen molar-refractivity contribution in [2.45, 2.75) is 6.61 Å².